The highest BCUT2D eigenvalue weighted by Crippen LogP contribution is 2.37. The second-order valence-corrected chi connectivity index (χ2v) is 5.01. The Hall–Kier alpha value is -2.69. The van der Waals surface area contributed by atoms with Crippen molar-refractivity contribution in [2.45, 2.75) is 12.3 Å². The number of hydrogen-bond acceptors (Lipinski definition) is 5. The zero-order valence-electron chi connectivity index (χ0n) is 12.1. The van der Waals surface area contributed by atoms with Gasteiger partial charge in [-0.3, -0.25) is 0 Å². The van der Waals surface area contributed by atoms with Gasteiger partial charge in [0.15, 0.2) is 11.5 Å². The van der Waals surface area contributed by atoms with Crippen LogP contribution in [-0.2, 0) is 4.79 Å². The van der Waals surface area contributed by atoms with Gasteiger partial charge in [-0.05, 0) is 41.8 Å². The first kappa shape index (κ1) is 14.3. The summed E-state index contributed by atoms with van der Waals surface area (Å²) >= 11 is 0. The number of ether oxygens (including phenoxy) is 3. The van der Waals surface area contributed by atoms with Gasteiger partial charge in [0, 0.05) is 11.9 Å². The standard InChI is InChI=1S/C17H16O5/c1-20-13-5-2-11(3-6-13)14(9-17(18)19)12-4-7-15-16(8-12)22-10-21-15/h2-8,14H,9-10H2,1H3,(H,18,19)/p-1. The van der Waals surface area contributed by atoms with Gasteiger partial charge in [0.25, 0.3) is 0 Å². The molecule has 0 saturated carbocycles. The summed E-state index contributed by atoms with van der Waals surface area (Å²) in [5, 5.41) is 11.1. The molecule has 0 aliphatic carbocycles. The maximum absolute atomic E-state index is 11.1. The first-order valence-electron chi connectivity index (χ1n) is 6.90. The number of methoxy groups -OCH3 is 1. The van der Waals surface area contributed by atoms with Crippen LogP contribution in [0, 0.1) is 0 Å². The molecule has 0 N–H and O–H groups in total. The number of aliphatic carboxylic acids is 1. The molecule has 0 aromatic heterocycles. The third-order valence-electron chi connectivity index (χ3n) is 3.69. The third kappa shape index (κ3) is 2.83. The maximum atomic E-state index is 11.1. The summed E-state index contributed by atoms with van der Waals surface area (Å²) < 4.78 is 15.8. The lowest BCUT2D eigenvalue weighted by atomic mass is 9.88. The van der Waals surface area contributed by atoms with Gasteiger partial charge < -0.3 is 24.1 Å². The van der Waals surface area contributed by atoms with E-state index in [0.29, 0.717) is 11.5 Å². The molecule has 0 spiro atoms. The van der Waals surface area contributed by atoms with Crippen molar-refractivity contribution in [2.24, 2.45) is 0 Å². The summed E-state index contributed by atoms with van der Waals surface area (Å²) in [7, 11) is 1.59. The third-order valence-corrected chi connectivity index (χ3v) is 3.69. The van der Waals surface area contributed by atoms with Crippen LogP contribution in [-0.4, -0.2) is 19.9 Å². The lowest BCUT2D eigenvalue weighted by molar-refractivity contribution is -0.305. The molecule has 1 aliphatic rings. The molecule has 1 atom stereocenters. The Kier molecular flexibility index (Phi) is 3.87. The SMILES string of the molecule is COc1ccc(C(CC(=O)[O-])c2ccc3c(c2)OCO3)cc1. The first-order valence-corrected chi connectivity index (χ1v) is 6.90. The second kappa shape index (κ2) is 5.97. The summed E-state index contributed by atoms with van der Waals surface area (Å²) in [6.07, 6.45) is -0.105. The number of hydrogen-bond donors (Lipinski definition) is 0. The van der Waals surface area contributed by atoms with E-state index < -0.39 is 5.97 Å². The Morgan fingerprint density at radius 3 is 2.50 bits per heavy atom. The molecule has 1 unspecified atom stereocenters. The molecule has 0 saturated heterocycles. The molecule has 0 radical (unpaired) electrons. The molecule has 5 nitrogen and oxygen atoms in total. The predicted octanol–water partition coefficient (Wildman–Crippen LogP) is 1.70. The summed E-state index contributed by atoms with van der Waals surface area (Å²) in [6.45, 7) is 0.187. The van der Waals surface area contributed by atoms with Gasteiger partial charge in [0.2, 0.25) is 6.79 Å². The van der Waals surface area contributed by atoms with Gasteiger partial charge in [0.1, 0.15) is 5.75 Å². The number of carbonyl (C=O) groups is 1. The Labute approximate surface area is 128 Å². The Morgan fingerprint density at radius 1 is 1.14 bits per heavy atom. The van der Waals surface area contributed by atoms with E-state index in [1.54, 1.807) is 13.2 Å². The molecule has 0 amide bonds. The van der Waals surface area contributed by atoms with E-state index in [9.17, 15) is 9.90 Å². The molecule has 3 rings (SSSR count). The topological polar surface area (TPSA) is 67.8 Å². The van der Waals surface area contributed by atoms with Crippen LogP contribution in [0.5, 0.6) is 17.2 Å². The van der Waals surface area contributed by atoms with Crippen LogP contribution in [0.4, 0.5) is 0 Å². The van der Waals surface area contributed by atoms with Gasteiger partial charge in [-0.1, -0.05) is 18.2 Å². The van der Waals surface area contributed by atoms with E-state index >= 15 is 0 Å². The van der Waals surface area contributed by atoms with E-state index in [2.05, 4.69) is 0 Å². The predicted molar refractivity (Wildman–Crippen MR) is 77.0 cm³/mol. The molecular weight excluding hydrogens is 284 g/mol. The number of benzene rings is 2. The van der Waals surface area contributed by atoms with Gasteiger partial charge in [-0.25, -0.2) is 0 Å². The Morgan fingerprint density at radius 2 is 1.82 bits per heavy atom. The quantitative estimate of drug-likeness (QED) is 0.840. The smallest absolute Gasteiger partial charge is 0.231 e. The molecule has 0 bridgehead atoms. The zero-order chi connectivity index (χ0) is 15.5. The minimum absolute atomic E-state index is 0.105. The van der Waals surface area contributed by atoms with Crippen LogP contribution in [0.15, 0.2) is 42.5 Å². The lowest BCUT2D eigenvalue weighted by Gasteiger charge is -2.19. The number of carbonyl (C=O) groups excluding carboxylic acids is 1. The van der Waals surface area contributed by atoms with Crippen molar-refractivity contribution in [1.82, 2.24) is 0 Å². The number of rotatable bonds is 5. The summed E-state index contributed by atoms with van der Waals surface area (Å²) in [5.74, 6) is 0.616. The van der Waals surface area contributed by atoms with Crippen LogP contribution in [0.25, 0.3) is 0 Å². The van der Waals surface area contributed by atoms with Crippen molar-refractivity contribution < 1.29 is 24.1 Å². The molecule has 1 aliphatic heterocycles. The van der Waals surface area contributed by atoms with Gasteiger partial charge in [-0.2, -0.15) is 0 Å². The second-order valence-electron chi connectivity index (χ2n) is 5.01. The molecule has 0 fully saturated rings. The molecule has 2 aromatic carbocycles. The fourth-order valence-corrected chi connectivity index (χ4v) is 2.56. The number of fused-ring (bicyclic) bond motifs is 1. The van der Waals surface area contributed by atoms with E-state index in [1.807, 2.05) is 36.4 Å². The molecule has 22 heavy (non-hydrogen) atoms. The van der Waals surface area contributed by atoms with E-state index in [1.165, 1.54) is 0 Å². The molecule has 1 heterocycles. The molecule has 2 aromatic rings. The van der Waals surface area contributed by atoms with Crippen LogP contribution in [0.3, 0.4) is 0 Å². The van der Waals surface area contributed by atoms with Crippen LogP contribution >= 0.6 is 0 Å². The molecule has 114 valence electrons. The van der Waals surface area contributed by atoms with Crippen molar-refractivity contribution in [3.8, 4) is 17.2 Å². The van der Waals surface area contributed by atoms with Crippen LogP contribution in [0.2, 0.25) is 0 Å². The highest BCUT2D eigenvalue weighted by molar-refractivity contribution is 5.67. The first-order chi connectivity index (χ1) is 10.7. The van der Waals surface area contributed by atoms with Gasteiger partial charge >= 0.3 is 0 Å². The monoisotopic (exact) mass is 299 g/mol. The molecular formula is C17H15O5-. The van der Waals surface area contributed by atoms with Crippen molar-refractivity contribution in [1.29, 1.82) is 0 Å². The van der Waals surface area contributed by atoms with Crippen molar-refractivity contribution in [3.63, 3.8) is 0 Å². The lowest BCUT2D eigenvalue weighted by Crippen LogP contribution is -2.24. The average molecular weight is 299 g/mol. The summed E-state index contributed by atoms with van der Waals surface area (Å²) in [6, 6.07) is 12.8. The fourth-order valence-electron chi connectivity index (χ4n) is 2.56. The van der Waals surface area contributed by atoms with E-state index in [-0.39, 0.29) is 19.1 Å². The Balaban J connectivity index is 1.96. The zero-order valence-corrected chi connectivity index (χ0v) is 12.1. The molecule has 5 heteroatoms. The Bertz CT molecular complexity index is 678. The van der Waals surface area contributed by atoms with Crippen molar-refractivity contribution in [2.75, 3.05) is 13.9 Å². The number of carboxylic acid groups (broad SMARTS) is 1. The number of carboxylic acids is 1. The minimum Gasteiger partial charge on any atom is -0.550 e. The average Bonchev–Trinajstić information content (AvgIpc) is 3.00. The highest BCUT2D eigenvalue weighted by Gasteiger charge is 2.19. The van der Waals surface area contributed by atoms with Crippen LogP contribution in [0.1, 0.15) is 23.5 Å². The fraction of sp³-hybridized carbons (Fsp3) is 0.235. The van der Waals surface area contributed by atoms with Gasteiger partial charge in [0.05, 0.1) is 7.11 Å². The normalized spacial score (nSPS) is 13.7. The minimum atomic E-state index is -1.10. The largest absolute Gasteiger partial charge is 0.550 e. The van der Waals surface area contributed by atoms with Gasteiger partial charge in [-0.15, -0.1) is 0 Å². The van der Waals surface area contributed by atoms with Crippen molar-refractivity contribution >= 4 is 5.97 Å². The van der Waals surface area contributed by atoms with Crippen molar-refractivity contribution in [3.05, 3.63) is 53.6 Å². The maximum Gasteiger partial charge on any atom is 0.231 e. The van der Waals surface area contributed by atoms with E-state index in [4.69, 9.17) is 14.2 Å². The summed E-state index contributed by atoms with van der Waals surface area (Å²) in [4.78, 5) is 11.1. The highest BCUT2D eigenvalue weighted by atomic mass is 16.7. The van der Waals surface area contributed by atoms with Crippen LogP contribution < -0.4 is 19.3 Å². The van der Waals surface area contributed by atoms with E-state index in [0.717, 1.165) is 16.9 Å². The summed E-state index contributed by atoms with van der Waals surface area (Å²) in [5.41, 5.74) is 1.72.